The van der Waals surface area contributed by atoms with E-state index >= 15 is 0 Å². The quantitative estimate of drug-likeness (QED) is 0.573. The fourth-order valence-electron chi connectivity index (χ4n) is 1.69. The third-order valence-corrected chi connectivity index (χ3v) is 2.43. The number of carbonyl (C=O) groups is 1. The van der Waals surface area contributed by atoms with E-state index in [1.54, 1.807) is 0 Å². The lowest BCUT2D eigenvalue weighted by atomic mass is 10.0. The van der Waals surface area contributed by atoms with E-state index in [9.17, 15) is 4.79 Å². The van der Waals surface area contributed by atoms with Crippen molar-refractivity contribution in [1.29, 1.82) is 0 Å². The van der Waals surface area contributed by atoms with Crippen LogP contribution in [0.15, 0.2) is 23.3 Å². The molecule has 0 aromatic carbocycles. The number of ketones is 1. The highest BCUT2D eigenvalue weighted by molar-refractivity contribution is 6.00. The molecule has 0 aromatic rings. The van der Waals surface area contributed by atoms with Gasteiger partial charge in [0.15, 0.2) is 5.78 Å². The lowest BCUT2D eigenvalue weighted by Gasteiger charge is -1.98. The van der Waals surface area contributed by atoms with Crippen LogP contribution in [0.2, 0.25) is 0 Å². The van der Waals surface area contributed by atoms with E-state index in [0.717, 1.165) is 18.4 Å². The Bertz CT molecular complexity index is 246. The zero-order valence-corrected chi connectivity index (χ0v) is 8.05. The highest BCUT2D eigenvalue weighted by Crippen LogP contribution is 2.29. The summed E-state index contributed by atoms with van der Waals surface area (Å²) in [4.78, 5) is 11.5. The van der Waals surface area contributed by atoms with E-state index in [1.165, 1.54) is 5.57 Å². The minimum atomic E-state index is 0.227. The van der Waals surface area contributed by atoms with Crippen LogP contribution < -0.4 is 0 Å². The maximum atomic E-state index is 11.5. The lowest BCUT2D eigenvalue weighted by Crippen LogP contribution is -2.05. The van der Waals surface area contributed by atoms with Crippen LogP contribution >= 0.6 is 0 Å². The summed E-state index contributed by atoms with van der Waals surface area (Å²) in [5, 5.41) is 0. The summed E-state index contributed by atoms with van der Waals surface area (Å²) < 4.78 is 0. The SMILES string of the molecule is C/C=C\CC1=C(C)CC(C)C1=O. The van der Waals surface area contributed by atoms with Gasteiger partial charge in [-0.3, -0.25) is 4.79 Å². The molecule has 0 aliphatic heterocycles. The molecule has 1 unspecified atom stereocenters. The molecule has 0 fully saturated rings. The molecule has 0 radical (unpaired) electrons. The number of rotatable bonds is 2. The van der Waals surface area contributed by atoms with Gasteiger partial charge in [0, 0.05) is 5.92 Å². The first-order valence-corrected chi connectivity index (χ1v) is 4.50. The Hall–Kier alpha value is -0.850. The number of carbonyl (C=O) groups excluding carboxylic acids is 1. The van der Waals surface area contributed by atoms with Crippen LogP contribution in [-0.4, -0.2) is 5.78 Å². The molecule has 0 bridgehead atoms. The minimum Gasteiger partial charge on any atom is -0.294 e. The molecule has 1 rings (SSSR count). The average molecular weight is 164 g/mol. The predicted molar refractivity (Wildman–Crippen MR) is 50.9 cm³/mol. The Labute approximate surface area is 74.2 Å². The molecule has 0 saturated heterocycles. The van der Waals surface area contributed by atoms with Crippen molar-refractivity contribution in [2.45, 2.75) is 33.6 Å². The summed E-state index contributed by atoms with van der Waals surface area (Å²) >= 11 is 0. The molecule has 0 heterocycles. The first-order valence-electron chi connectivity index (χ1n) is 4.50. The molecule has 1 aliphatic carbocycles. The molecule has 1 heteroatoms. The monoisotopic (exact) mass is 164 g/mol. The number of Topliss-reactive ketones (excluding diaryl/α,β-unsaturated/α-hetero) is 1. The summed E-state index contributed by atoms with van der Waals surface area (Å²) in [6, 6.07) is 0. The van der Waals surface area contributed by atoms with Crippen LogP contribution in [0.5, 0.6) is 0 Å². The number of allylic oxidation sites excluding steroid dienone is 4. The summed E-state index contributed by atoms with van der Waals surface area (Å²) in [6.07, 6.45) is 5.84. The molecule has 0 saturated carbocycles. The summed E-state index contributed by atoms with van der Waals surface area (Å²) in [5.74, 6) is 0.579. The average Bonchev–Trinajstić information content (AvgIpc) is 2.25. The Morgan fingerprint density at radius 2 is 2.25 bits per heavy atom. The molecule has 0 N–H and O–H groups in total. The van der Waals surface area contributed by atoms with Crippen molar-refractivity contribution in [3.05, 3.63) is 23.3 Å². The van der Waals surface area contributed by atoms with Crippen LogP contribution in [0, 0.1) is 5.92 Å². The first kappa shape index (κ1) is 9.24. The standard InChI is InChI=1S/C11H16O/c1-4-5-6-10-8(2)7-9(3)11(10)12/h4-5,9H,6-7H2,1-3H3/b5-4-. The van der Waals surface area contributed by atoms with Gasteiger partial charge in [0.25, 0.3) is 0 Å². The summed E-state index contributed by atoms with van der Waals surface area (Å²) in [5.41, 5.74) is 2.33. The van der Waals surface area contributed by atoms with Gasteiger partial charge >= 0.3 is 0 Å². The van der Waals surface area contributed by atoms with Gasteiger partial charge in [0.05, 0.1) is 0 Å². The molecule has 12 heavy (non-hydrogen) atoms. The van der Waals surface area contributed by atoms with Crippen LogP contribution in [0.1, 0.15) is 33.6 Å². The second kappa shape index (κ2) is 3.70. The second-order valence-electron chi connectivity index (χ2n) is 3.50. The fraction of sp³-hybridized carbons (Fsp3) is 0.545. The second-order valence-corrected chi connectivity index (χ2v) is 3.50. The molecule has 1 atom stereocenters. The highest BCUT2D eigenvalue weighted by atomic mass is 16.1. The van der Waals surface area contributed by atoms with Crippen LogP contribution in [-0.2, 0) is 4.79 Å². The Morgan fingerprint density at radius 3 is 2.67 bits per heavy atom. The first-order chi connectivity index (χ1) is 5.66. The Balaban J connectivity index is 2.74. The van der Waals surface area contributed by atoms with Crippen molar-refractivity contribution in [3.8, 4) is 0 Å². The number of hydrogen-bond donors (Lipinski definition) is 0. The Morgan fingerprint density at radius 1 is 1.58 bits per heavy atom. The molecule has 1 aliphatic rings. The van der Waals surface area contributed by atoms with E-state index in [0.29, 0.717) is 5.78 Å². The van der Waals surface area contributed by atoms with Gasteiger partial charge in [0.2, 0.25) is 0 Å². The highest BCUT2D eigenvalue weighted by Gasteiger charge is 2.25. The van der Waals surface area contributed by atoms with Crippen molar-refractivity contribution in [1.82, 2.24) is 0 Å². The largest absolute Gasteiger partial charge is 0.294 e. The van der Waals surface area contributed by atoms with Gasteiger partial charge in [-0.25, -0.2) is 0 Å². The zero-order valence-electron chi connectivity index (χ0n) is 8.05. The van der Waals surface area contributed by atoms with Gasteiger partial charge in [-0.2, -0.15) is 0 Å². The van der Waals surface area contributed by atoms with Gasteiger partial charge in [-0.05, 0) is 32.3 Å². The molecule has 0 amide bonds. The smallest absolute Gasteiger partial charge is 0.162 e. The van der Waals surface area contributed by atoms with E-state index in [1.807, 2.05) is 19.9 Å². The summed E-state index contributed by atoms with van der Waals surface area (Å²) in [6.45, 7) is 6.06. The lowest BCUT2D eigenvalue weighted by molar-refractivity contribution is -0.117. The van der Waals surface area contributed by atoms with Gasteiger partial charge in [-0.1, -0.05) is 24.6 Å². The maximum absolute atomic E-state index is 11.5. The van der Waals surface area contributed by atoms with Crippen LogP contribution in [0.3, 0.4) is 0 Å². The van der Waals surface area contributed by atoms with Gasteiger partial charge in [-0.15, -0.1) is 0 Å². The fourth-order valence-corrected chi connectivity index (χ4v) is 1.69. The third-order valence-electron chi connectivity index (χ3n) is 2.43. The molecular formula is C11H16O. The normalized spacial score (nSPS) is 24.6. The molecule has 66 valence electrons. The van der Waals surface area contributed by atoms with E-state index in [-0.39, 0.29) is 5.92 Å². The molecule has 1 nitrogen and oxygen atoms in total. The third kappa shape index (κ3) is 1.66. The Kier molecular flexibility index (Phi) is 2.85. The summed E-state index contributed by atoms with van der Waals surface area (Å²) in [7, 11) is 0. The maximum Gasteiger partial charge on any atom is 0.162 e. The van der Waals surface area contributed by atoms with E-state index < -0.39 is 0 Å². The molecule has 0 aromatic heterocycles. The van der Waals surface area contributed by atoms with Crippen LogP contribution in [0.4, 0.5) is 0 Å². The topological polar surface area (TPSA) is 17.1 Å². The molecule has 0 spiro atoms. The zero-order chi connectivity index (χ0) is 9.14. The minimum absolute atomic E-state index is 0.227. The van der Waals surface area contributed by atoms with Crippen molar-refractivity contribution in [2.24, 2.45) is 5.92 Å². The van der Waals surface area contributed by atoms with Crippen molar-refractivity contribution in [2.75, 3.05) is 0 Å². The van der Waals surface area contributed by atoms with Crippen LogP contribution in [0.25, 0.3) is 0 Å². The van der Waals surface area contributed by atoms with Gasteiger partial charge in [0.1, 0.15) is 0 Å². The molecular weight excluding hydrogens is 148 g/mol. The van der Waals surface area contributed by atoms with Crippen molar-refractivity contribution in [3.63, 3.8) is 0 Å². The van der Waals surface area contributed by atoms with E-state index in [2.05, 4.69) is 13.0 Å². The number of hydrogen-bond acceptors (Lipinski definition) is 1. The van der Waals surface area contributed by atoms with Gasteiger partial charge < -0.3 is 0 Å². The van der Waals surface area contributed by atoms with Crippen molar-refractivity contribution < 1.29 is 4.79 Å². The van der Waals surface area contributed by atoms with E-state index in [4.69, 9.17) is 0 Å². The predicted octanol–water partition coefficient (Wildman–Crippen LogP) is 2.88. The van der Waals surface area contributed by atoms with Crippen molar-refractivity contribution >= 4 is 5.78 Å².